The molecule has 102 valence electrons. The van der Waals surface area contributed by atoms with Crippen molar-refractivity contribution in [2.45, 2.75) is 12.5 Å². The Kier molecular flexibility index (Phi) is 4.48. The summed E-state index contributed by atoms with van der Waals surface area (Å²) in [5.74, 6) is -0.203. The van der Waals surface area contributed by atoms with Gasteiger partial charge in [-0.05, 0) is 12.1 Å². The van der Waals surface area contributed by atoms with Crippen LogP contribution in [0.5, 0.6) is 0 Å². The second-order valence-corrected chi connectivity index (χ2v) is 4.30. The van der Waals surface area contributed by atoms with Gasteiger partial charge in [-0.2, -0.15) is 0 Å². The van der Waals surface area contributed by atoms with Crippen LogP contribution in [-0.4, -0.2) is 41.6 Å². The first kappa shape index (κ1) is 13.5. The molecule has 0 radical (unpaired) electrons. The first-order valence-corrected chi connectivity index (χ1v) is 6.15. The van der Waals surface area contributed by atoms with Crippen LogP contribution < -0.4 is 11.1 Å². The zero-order valence-corrected chi connectivity index (χ0v) is 10.9. The number of nitrogens with zero attached hydrogens (tertiary/aromatic N) is 2. The number of pyridine rings is 1. The van der Waals surface area contributed by atoms with E-state index in [1.807, 2.05) is 35.0 Å². The number of methoxy groups -OCH3 is 1. The largest absolute Gasteiger partial charge is 0.383 e. The maximum atomic E-state index is 11.6. The van der Waals surface area contributed by atoms with Crippen molar-refractivity contribution in [1.82, 2.24) is 14.7 Å². The van der Waals surface area contributed by atoms with Crippen molar-refractivity contribution < 1.29 is 9.53 Å². The van der Waals surface area contributed by atoms with Crippen LogP contribution in [0.15, 0.2) is 30.6 Å². The second kappa shape index (κ2) is 6.31. The molecule has 1 amide bonds. The monoisotopic (exact) mass is 262 g/mol. The number of fused-ring (bicyclic) bond motifs is 1. The minimum Gasteiger partial charge on any atom is -0.383 e. The number of hydrogen-bond donors (Lipinski definition) is 2. The summed E-state index contributed by atoms with van der Waals surface area (Å²) in [4.78, 5) is 16.0. The molecule has 0 bridgehead atoms. The fraction of sp³-hybridized carbons (Fsp3) is 0.385. The van der Waals surface area contributed by atoms with Crippen molar-refractivity contribution in [3.05, 3.63) is 36.3 Å². The molecular weight excluding hydrogens is 244 g/mol. The fourth-order valence-electron chi connectivity index (χ4n) is 1.81. The summed E-state index contributed by atoms with van der Waals surface area (Å²) < 4.78 is 6.78. The topological polar surface area (TPSA) is 81.6 Å². The first-order valence-electron chi connectivity index (χ1n) is 6.15. The zero-order valence-electron chi connectivity index (χ0n) is 10.9. The van der Waals surface area contributed by atoms with E-state index in [0.717, 1.165) is 11.3 Å². The molecule has 6 heteroatoms. The van der Waals surface area contributed by atoms with Gasteiger partial charge in [0.2, 0.25) is 5.91 Å². The molecule has 1 atom stereocenters. The number of carbonyl (C=O) groups excluding carboxylic acids is 1. The lowest BCUT2D eigenvalue weighted by molar-refractivity contribution is -0.123. The van der Waals surface area contributed by atoms with Gasteiger partial charge in [0.25, 0.3) is 0 Å². The Morgan fingerprint density at radius 3 is 3.16 bits per heavy atom. The maximum absolute atomic E-state index is 11.6. The smallest absolute Gasteiger partial charge is 0.239 e. The first-order chi connectivity index (χ1) is 9.20. The highest BCUT2D eigenvalue weighted by atomic mass is 16.5. The number of imidazole rings is 1. The van der Waals surface area contributed by atoms with Gasteiger partial charge in [0.1, 0.15) is 11.7 Å². The molecular formula is C13H18N4O2. The van der Waals surface area contributed by atoms with Gasteiger partial charge in [-0.3, -0.25) is 4.79 Å². The van der Waals surface area contributed by atoms with Crippen molar-refractivity contribution in [1.29, 1.82) is 0 Å². The van der Waals surface area contributed by atoms with E-state index in [1.54, 1.807) is 0 Å². The highest BCUT2D eigenvalue weighted by molar-refractivity contribution is 5.81. The van der Waals surface area contributed by atoms with Crippen LogP contribution in [0.25, 0.3) is 5.65 Å². The van der Waals surface area contributed by atoms with E-state index in [4.69, 9.17) is 10.5 Å². The molecule has 2 aromatic rings. The van der Waals surface area contributed by atoms with Crippen LogP contribution in [0.3, 0.4) is 0 Å². The summed E-state index contributed by atoms with van der Waals surface area (Å²) in [5.41, 5.74) is 7.45. The summed E-state index contributed by atoms with van der Waals surface area (Å²) in [6, 6.07) is 5.21. The molecule has 0 aliphatic carbocycles. The van der Waals surface area contributed by atoms with Gasteiger partial charge < -0.3 is 20.2 Å². The highest BCUT2D eigenvalue weighted by Gasteiger charge is 2.12. The van der Waals surface area contributed by atoms with Gasteiger partial charge in [0.05, 0.1) is 12.3 Å². The van der Waals surface area contributed by atoms with Gasteiger partial charge in [-0.25, -0.2) is 4.98 Å². The van der Waals surface area contributed by atoms with Crippen LogP contribution in [0, 0.1) is 0 Å². The Bertz CT molecular complexity index is 519. The predicted octanol–water partition coefficient (Wildman–Crippen LogP) is -0.0333. The Morgan fingerprint density at radius 2 is 2.42 bits per heavy atom. The number of rotatable bonds is 6. The third-order valence-corrected chi connectivity index (χ3v) is 2.78. The highest BCUT2D eigenvalue weighted by Crippen LogP contribution is 2.04. The average molecular weight is 262 g/mol. The van der Waals surface area contributed by atoms with E-state index in [2.05, 4.69) is 10.3 Å². The van der Waals surface area contributed by atoms with Gasteiger partial charge in [-0.15, -0.1) is 0 Å². The van der Waals surface area contributed by atoms with Gasteiger partial charge in [0, 0.05) is 32.5 Å². The van der Waals surface area contributed by atoms with E-state index in [9.17, 15) is 4.79 Å². The number of amides is 1. The number of hydrogen-bond acceptors (Lipinski definition) is 4. The molecule has 0 aliphatic rings. The minimum atomic E-state index is -0.619. The standard InChI is InChI=1S/C13H18N4O2/c1-19-9-11(14)13(18)15-6-5-10-8-17-7-3-2-4-12(17)16-10/h2-4,7-8,11H,5-6,9,14H2,1H3,(H,15,18). The third-order valence-electron chi connectivity index (χ3n) is 2.78. The molecule has 0 saturated heterocycles. The van der Waals surface area contributed by atoms with Gasteiger partial charge in [0.15, 0.2) is 0 Å². The molecule has 2 aromatic heterocycles. The van der Waals surface area contributed by atoms with E-state index < -0.39 is 6.04 Å². The van der Waals surface area contributed by atoms with Gasteiger partial charge in [-0.1, -0.05) is 6.07 Å². The summed E-state index contributed by atoms with van der Waals surface area (Å²) in [7, 11) is 1.52. The lowest BCUT2D eigenvalue weighted by Gasteiger charge is -2.10. The Balaban J connectivity index is 1.84. The minimum absolute atomic E-state index is 0.203. The molecule has 3 N–H and O–H groups in total. The Hall–Kier alpha value is -1.92. The van der Waals surface area contributed by atoms with Crippen molar-refractivity contribution >= 4 is 11.6 Å². The average Bonchev–Trinajstić information content (AvgIpc) is 2.81. The van der Waals surface area contributed by atoms with Crippen LogP contribution >= 0.6 is 0 Å². The summed E-state index contributed by atoms with van der Waals surface area (Å²) >= 11 is 0. The molecule has 1 unspecified atom stereocenters. The van der Waals surface area contributed by atoms with Crippen molar-refractivity contribution in [2.75, 3.05) is 20.3 Å². The number of ether oxygens (including phenoxy) is 1. The van der Waals surface area contributed by atoms with Crippen molar-refractivity contribution in [2.24, 2.45) is 5.73 Å². The zero-order chi connectivity index (χ0) is 13.7. The molecule has 0 saturated carbocycles. The van der Waals surface area contributed by atoms with E-state index >= 15 is 0 Å². The molecule has 0 aliphatic heterocycles. The molecule has 0 spiro atoms. The number of carbonyl (C=O) groups is 1. The van der Waals surface area contributed by atoms with E-state index in [0.29, 0.717) is 13.0 Å². The Labute approximate surface area is 111 Å². The van der Waals surface area contributed by atoms with Crippen molar-refractivity contribution in [3.63, 3.8) is 0 Å². The Morgan fingerprint density at radius 1 is 1.58 bits per heavy atom. The molecule has 19 heavy (non-hydrogen) atoms. The summed E-state index contributed by atoms with van der Waals surface area (Å²) in [6.07, 6.45) is 4.57. The lowest BCUT2D eigenvalue weighted by Crippen LogP contribution is -2.44. The van der Waals surface area contributed by atoms with Gasteiger partial charge >= 0.3 is 0 Å². The molecule has 0 fully saturated rings. The fourth-order valence-corrected chi connectivity index (χ4v) is 1.81. The predicted molar refractivity (Wildman–Crippen MR) is 71.8 cm³/mol. The third kappa shape index (κ3) is 3.52. The van der Waals surface area contributed by atoms with E-state index in [-0.39, 0.29) is 12.5 Å². The van der Waals surface area contributed by atoms with Crippen LogP contribution in [0.4, 0.5) is 0 Å². The molecule has 6 nitrogen and oxygen atoms in total. The summed E-state index contributed by atoms with van der Waals surface area (Å²) in [5, 5.41) is 2.77. The normalized spacial score (nSPS) is 12.5. The SMILES string of the molecule is COCC(N)C(=O)NCCc1cn2ccccc2n1. The van der Waals surface area contributed by atoms with Crippen LogP contribution in [0.2, 0.25) is 0 Å². The van der Waals surface area contributed by atoms with Crippen LogP contribution in [-0.2, 0) is 16.0 Å². The lowest BCUT2D eigenvalue weighted by atomic mass is 10.3. The summed E-state index contributed by atoms with van der Waals surface area (Å²) in [6.45, 7) is 0.736. The molecule has 0 aromatic carbocycles. The maximum Gasteiger partial charge on any atom is 0.239 e. The quantitative estimate of drug-likeness (QED) is 0.766. The number of aromatic nitrogens is 2. The second-order valence-electron chi connectivity index (χ2n) is 4.30. The van der Waals surface area contributed by atoms with Crippen LogP contribution in [0.1, 0.15) is 5.69 Å². The molecule has 2 rings (SSSR count). The van der Waals surface area contributed by atoms with E-state index in [1.165, 1.54) is 7.11 Å². The number of nitrogens with one attached hydrogen (secondary N) is 1. The molecule has 2 heterocycles. The number of nitrogens with two attached hydrogens (primary N) is 1. The van der Waals surface area contributed by atoms with Crippen molar-refractivity contribution in [3.8, 4) is 0 Å².